The highest BCUT2D eigenvalue weighted by Gasteiger charge is 2.29. The highest BCUT2D eigenvalue weighted by atomic mass is 19.1. The number of carbonyl (C=O) groups is 1. The minimum absolute atomic E-state index is 0.0993. The van der Waals surface area contributed by atoms with Crippen LogP contribution in [0.3, 0.4) is 0 Å². The Balaban J connectivity index is 1.64. The lowest BCUT2D eigenvalue weighted by molar-refractivity contribution is -0.132. The van der Waals surface area contributed by atoms with Gasteiger partial charge in [-0.05, 0) is 20.8 Å². The lowest BCUT2D eigenvalue weighted by Crippen LogP contribution is -2.50. The van der Waals surface area contributed by atoms with Crippen LogP contribution >= 0.6 is 0 Å². The standard InChI is InChI=1S/C16H21FN6O/c1-10(14-11(2)20-21-12(14)3)15(24)22-4-6-23(7-5-22)16-18-8-13(17)9-19-16/h8-10H,4-7H2,1-3H3,(H,20,21). The predicted octanol–water partition coefficient (Wildman–Crippen LogP) is 1.41. The summed E-state index contributed by atoms with van der Waals surface area (Å²) in [4.78, 5) is 24.6. The Morgan fingerprint density at radius 3 is 2.38 bits per heavy atom. The van der Waals surface area contributed by atoms with E-state index >= 15 is 0 Å². The van der Waals surface area contributed by atoms with Crippen LogP contribution in [0.1, 0.15) is 29.8 Å². The number of aromatic amines is 1. The summed E-state index contributed by atoms with van der Waals surface area (Å²) in [5, 5.41) is 7.11. The van der Waals surface area contributed by atoms with Crippen LogP contribution in [-0.4, -0.2) is 57.2 Å². The molecule has 1 atom stereocenters. The number of rotatable bonds is 3. The average Bonchev–Trinajstić information content (AvgIpc) is 2.93. The van der Waals surface area contributed by atoms with Crippen LogP contribution in [0.15, 0.2) is 12.4 Å². The number of aryl methyl sites for hydroxylation is 2. The van der Waals surface area contributed by atoms with Gasteiger partial charge in [-0.15, -0.1) is 0 Å². The Kier molecular flexibility index (Phi) is 4.46. The number of piperazine rings is 1. The van der Waals surface area contributed by atoms with E-state index in [1.54, 1.807) is 0 Å². The summed E-state index contributed by atoms with van der Waals surface area (Å²) in [6, 6.07) is 0. The van der Waals surface area contributed by atoms with E-state index in [4.69, 9.17) is 0 Å². The monoisotopic (exact) mass is 332 g/mol. The molecule has 2 aromatic heterocycles. The van der Waals surface area contributed by atoms with Crippen molar-refractivity contribution in [3.05, 3.63) is 35.2 Å². The second-order valence-electron chi connectivity index (χ2n) is 6.08. The Hall–Kier alpha value is -2.51. The lowest BCUT2D eigenvalue weighted by Gasteiger charge is -2.36. The molecule has 0 bridgehead atoms. The van der Waals surface area contributed by atoms with Crippen molar-refractivity contribution in [2.75, 3.05) is 31.1 Å². The predicted molar refractivity (Wildman–Crippen MR) is 87.3 cm³/mol. The molecule has 8 heteroatoms. The van der Waals surface area contributed by atoms with Crippen molar-refractivity contribution in [2.45, 2.75) is 26.7 Å². The number of aromatic nitrogens is 4. The van der Waals surface area contributed by atoms with Crippen LogP contribution in [0.5, 0.6) is 0 Å². The zero-order valence-corrected chi connectivity index (χ0v) is 14.1. The zero-order chi connectivity index (χ0) is 17.3. The van der Waals surface area contributed by atoms with E-state index in [9.17, 15) is 9.18 Å². The Bertz CT molecular complexity index is 701. The van der Waals surface area contributed by atoms with Crippen molar-refractivity contribution in [1.82, 2.24) is 25.1 Å². The fourth-order valence-electron chi connectivity index (χ4n) is 3.19. The first-order valence-corrected chi connectivity index (χ1v) is 8.00. The van der Waals surface area contributed by atoms with Crippen LogP contribution < -0.4 is 4.90 Å². The molecule has 1 saturated heterocycles. The van der Waals surface area contributed by atoms with Crippen molar-refractivity contribution in [3.8, 4) is 0 Å². The molecule has 24 heavy (non-hydrogen) atoms. The molecular formula is C16H21FN6O. The van der Waals surface area contributed by atoms with Gasteiger partial charge < -0.3 is 9.80 Å². The second kappa shape index (κ2) is 6.54. The summed E-state index contributed by atoms with van der Waals surface area (Å²) in [6.07, 6.45) is 2.32. The number of amides is 1. The van der Waals surface area contributed by atoms with Crippen molar-refractivity contribution in [2.24, 2.45) is 0 Å². The maximum Gasteiger partial charge on any atom is 0.230 e. The first-order chi connectivity index (χ1) is 11.5. The number of H-pyrrole nitrogens is 1. The van der Waals surface area contributed by atoms with E-state index in [-0.39, 0.29) is 11.8 Å². The topological polar surface area (TPSA) is 78.0 Å². The molecule has 3 heterocycles. The molecule has 7 nitrogen and oxygen atoms in total. The van der Waals surface area contributed by atoms with Crippen LogP contribution in [0.25, 0.3) is 0 Å². The molecule has 1 unspecified atom stereocenters. The van der Waals surface area contributed by atoms with Crippen LogP contribution in [-0.2, 0) is 4.79 Å². The van der Waals surface area contributed by atoms with Gasteiger partial charge in [-0.25, -0.2) is 14.4 Å². The molecule has 128 valence electrons. The summed E-state index contributed by atoms with van der Waals surface area (Å²) < 4.78 is 12.9. The van der Waals surface area contributed by atoms with E-state index in [2.05, 4.69) is 20.2 Å². The van der Waals surface area contributed by atoms with Gasteiger partial charge in [0.15, 0.2) is 5.82 Å². The quantitative estimate of drug-likeness (QED) is 0.919. The highest BCUT2D eigenvalue weighted by molar-refractivity contribution is 5.84. The number of nitrogens with zero attached hydrogens (tertiary/aromatic N) is 5. The number of carbonyl (C=O) groups excluding carboxylic acids is 1. The van der Waals surface area contributed by atoms with Crippen molar-refractivity contribution in [3.63, 3.8) is 0 Å². The molecule has 0 saturated carbocycles. The van der Waals surface area contributed by atoms with Crippen molar-refractivity contribution in [1.29, 1.82) is 0 Å². The molecule has 1 fully saturated rings. The Morgan fingerprint density at radius 2 is 1.83 bits per heavy atom. The summed E-state index contributed by atoms with van der Waals surface area (Å²) in [5.41, 5.74) is 2.78. The summed E-state index contributed by atoms with van der Waals surface area (Å²) in [5.74, 6) is -0.0787. The van der Waals surface area contributed by atoms with Crippen LogP contribution in [0, 0.1) is 19.7 Å². The molecule has 1 aliphatic heterocycles. The largest absolute Gasteiger partial charge is 0.339 e. The maximum absolute atomic E-state index is 12.9. The van der Waals surface area contributed by atoms with Crippen LogP contribution in [0.2, 0.25) is 0 Å². The molecule has 0 spiro atoms. The Labute approximate surface area is 139 Å². The maximum atomic E-state index is 12.9. The smallest absolute Gasteiger partial charge is 0.230 e. The molecule has 0 aromatic carbocycles. The van der Waals surface area contributed by atoms with Gasteiger partial charge in [0.25, 0.3) is 0 Å². The molecule has 1 amide bonds. The zero-order valence-electron chi connectivity index (χ0n) is 14.1. The lowest BCUT2D eigenvalue weighted by atomic mass is 9.97. The molecular weight excluding hydrogens is 311 g/mol. The fraction of sp³-hybridized carbons (Fsp3) is 0.500. The SMILES string of the molecule is Cc1n[nH]c(C)c1C(C)C(=O)N1CCN(c2ncc(F)cn2)CC1. The highest BCUT2D eigenvalue weighted by Crippen LogP contribution is 2.24. The molecule has 0 radical (unpaired) electrons. The molecule has 1 aliphatic rings. The van der Waals surface area contributed by atoms with Gasteiger partial charge in [0.1, 0.15) is 0 Å². The molecule has 1 N–H and O–H groups in total. The number of hydrogen-bond acceptors (Lipinski definition) is 5. The number of halogens is 1. The minimum Gasteiger partial charge on any atom is -0.339 e. The molecule has 2 aromatic rings. The van der Waals surface area contributed by atoms with Gasteiger partial charge in [0.05, 0.1) is 24.0 Å². The van der Waals surface area contributed by atoms with Crippen LogP contribution in [0.4, 0.5) is 10.3 Å². The van der Waals surface area contributed by atoms with E-state index in [0.29, 0.717) is 32.1 Å². The third-order valence-electron chi connectivity index (χ3n) is 4.47. The van der Waals surface area contributed by atoms with E-state index in [0.717, 1.165) is 29.3 Å². The first-order valence-electron chi connectivity index (χ1n) is 8.00. The Morgan fingerprint density at radius 1 is 1.21 bits per heavy atom. The first kappa shape index (κ1) is 16.4. The summed E-state index contributed by atoms with van der Waals surface area (Å²) in [7, 11) is 0. The van der Waals surface area contributed by atoms with Gasteiger partial charge in [0.2, 0.25) is 11.9 Å². The van der Waals surface area contributed by atoms with E-state index < -0.39 is 5.82 Å². The van der Waals surface area contributed by atoms with Crippen molar-refractivity contribution < 1.29 is 9.18 Å². The number of hydrogen-bond donors (Lipinski definition) is 1. The molecule has 3 rings (SSSR count). The number of anilines is 1. The molecule has 0 aliphatic carbocycles. The third kappa shape index (κ3) is 3.08. The van der Waals surface area contributed by atoms with E-state index in [1.807, 2.05) is 30.6 Å². The van der Waals surface area contributed by atoms with Gasteiger partial charge in [0, 0.05) is 37.4 Å². The van der Waals surface area contributed by atoms with Crippen molar-refractivity contribution >= 4 is 11.9 Å². The summed E-state index contributed by atoms with van der Waals surface area (Å²) >= 11 is 0. The third-order valence-corrected chi connectivity index (χ3v) is 4.47. The second-order valence-corrected chi connectivity index (χ2v) is 6.08. The fourth-order valence-corrected chi connectivity index (χ4v) is 3.19. The normalized spacial score (nSPS) is 16.3. The van der Waals surface area contributed by atoms with Gasteiger partial charge in [-0.1, -0.05) is 0 Å². The van der Waals surface area contributed by atoms with Gasteiger partial charge in [-0.2, -0.15) is 5.10 Å². The summed E-state index contributed by atoms with van der Waals surface area (Å²) in [6.45, 7) is 8.22. The average molecular weight is 332 g/mol. The van der Waals surface area contributed by atoms with Gasteiger partial charge >= 0.3 is 0 Å². The number of nitrogens with one attached hydrogen (secondary N) is 1. The minimum atomic E-state index is -0.452. The van der Waals surface area contributed by atoms with E-state index in [1.165, 1.54) is 0 Å². The van der Waals surface area contributed by atoms with Gasteiger partial charge in [-0.3, -0.25) is 9.89 Å².